The predicted octanol–water partition coefficient (Wildman–Crippen LogP) is 3.66. The summed E-state index contributed by atoms with van der Waals surface area (Å²) < 4.78 is 2.22. The summed E-state index contributed by atoms with van der Waals surface area (Å²) in [5, 5.41) is 8.25. The first-order valence-electron chi connectivity index (χ1n) is 8.12. The largest absolute Gasteiger partial charge is 0.316 e. The predicted molar refractivity (Wildman–Crippen MR) is 88.5 cm³/mol. The molecule has 1 atom stereocenters. The van der Waals surface area contributed by atoms with Gasteiger partial charge in [-0.05, 0) is 38.1 Å². The molecule has 114 valence electrons. The molecule has 1 saturated carbocycles. The van der Waals surface area contributed by atoms with Gasteiger partial charge in [0.2, 0.25) is 0 Å². The molecule has 20 heavy (non-hydrogen) atoms. The van der Waals surface area contributed by atoms with Crippen LogP contribution < -0.4 is 5.32 Å². The van der Waals surface area contributed by atoms with Gasteiger partial charge in [-0.3, -0.25) is 4.68 Å². The standard InChI is InChI=1S/C16H29N3S/c1-3-11-20-13-15(17-2)12-14-9-10-19(18-14)16-7-5-4-6-8-16/h9-10,15-17H,3-8,11-13H2,1-2H3. The van der Waals surface area contributed by atoms with E-state index in [1.807, 2.05) is 11.8 Å². The SMILES string of the molecule is CCCSCC(Cc1ccn(C2CCCCC2)n1)NC. The number of nitrogens with one attached hydrogen (secondary N) is 1. The Morgan fingerprint density at radius 1 is 1.40 bits per heavy atom. The van der Waals surface area contributed by atoms with E-state index in [1.54, 1.807) is 0 Å². The highest BCUT2D eigenvalue weighted by atomic mass is 32.2. The van der Waals surface area contributed by atoms with Crippen LogP contribution in [-0.2, 0) is 6.42 Å². The Balaban J connectivity index is 1.84. The lowest BCUT2D eigenvalue weighted by Crippen LogP contribution is -2.30. The third-order valence-electron chi connectivity index (χ3n) is 4.14. The van der Waals surface area contributed by atoms with Crippen LogP contribution in [0, 0.1) is 0 Å². The molecular formula is C16H29N3S. The summed E-state index contributed by atoms with van der Waals surface area (Å²) in [6.45, 7) is 2.24. The highest BCUT2D eigenvalue weighted by molar-refractivity contribution is 7.99. The highest BCUT2D eigenvalue weighted by Gasteiger charge is 2.17. The fraction of sp³-hybridized carbons (Fsp3) is 0.812. The van der Waals surface area contributed by atoms with Gasteiger partial charge in [-0.15, -0.1) is 0 Å². The highest BCUT2D eigenvalue weighted by Crippen LogP contribution is 2.27. The van der Waals surface area contributed by atoms with Crippen molar-refractivity contribution in [2.24, 2.45) is 0 Å². The number of thioether (sulfide) groups is 1. The number of rotatable bonds is 8. The minimum atomic E-state index is 0.543. The second kappa shape index (κ2) is 8.73. The number of hydrogen-bond acceptors (Lipinski definition) is 3. The van der Waals surface area contributed by atoms with Crippen molar-refractivity contribution in [3.05, 3.63) is 18.0 Å². The second-order valence-corrected chi connectivity index (χ2v) is 6.99. The molecule has 0 radical (unpaired) electrons. The van der Waals surface area contributed by atoms with E-state index in [0.29, 0.717) is 12.1 Å². The van der Waals surface area contributed by atoms with E-state index in [1.165, 1.54) is 55.7 Å². The molecule has 4 heteroatoms. The van der Waals surface area contributed by atoms with Crippen molar-refractivity contribution >= 4 is 11.8 Å². The molecular weight excluding hydrogens is 266 g/mol. The quantitative estimate of drug-likeness (QED) is 0.742. The Hall–Kier alpha value is -0.480. The third kappa shape index (κ3) is 4.81. The van der Waals surface area contributed by atoms with Crippen LogP contribution in [-0.4, -0.2) is 34.4 Å². The van der Waals surface area contributed by atoms with Crippen molar-refractivity contribution in [1.29, 1.82) is 0 Å². The van der Waals surface area contributed by atoms with Crippen LogP contribution in [0.4, 0.5) is 0 Å². The monoisotopic (exact) mass is 295 g/mol. The van der Waals surface area contributed by atoms with Crippen LogP contribution in [0.2, 0.25) is 0 Å². The molecule has 1 aromatic heterocycles. The van der Waals surface area contributed by atoms with Crippen molar-refractivity contribution in [2.75, 3.05) is 18.6 Å². The van der Waals surface area contributed by atoms with Crippen LogP contribution in [0.1, 0.15) is 57.2 Å². The topological polar surface area (TPSA) is 29.9 Å². The normalized spacial score (nSPS) is 18.3. The zero-order chi connectivity index (χ0) is 14.2. The van der Waals surface area contributed by atoms with E-state index >= 15 is 0 Å². The molecule has 1 aromatic rings. The molecule has 2 rings (SSSR count). The fourth-order valence-corrected chi connectivity index (χ4v) is 3.93. The average Bonchev–Trinajstić information content (AvgIpc) is 2.96. The molecule has 1 aliphatic rings. The number of aromatic nitrogens is 2. The zero-order valence-corrected chi connectivity index (χ0v) is 13.8. The van der Waals surface area contributed by atoms with Crippen molar-refractivity contribution in [3.8, 4) is 0 Å². The summed E-state index contributed by atoms with van der Waals surface area (Å²) in [5.41, 5.74) is 1.24. The lowest BCUT2D eigenvalue weighted by molar-refractivity contribution is 0.327. The molecule has 1 aliphatic carbocycles. The van der Waals surface area contributed by atoms with Crippen molar-refractivity contribution in [3.63, 3.8) is 0 Å². The molecule has 0 spiro atoms. The summed E-state index contributed by atoms with van der Waals surface area (Å²) in [5.74, 6) is 2.44. The van der Waals surface area contributed by atoms with Gasteiger partial charge in [-0.2, -0.15) is 16.9 Å². The summed E-state index contributed by atoms with van der Waals surface area (Å²) in [7, 11) is 2.06. The smallest absolute Gasteiger partial charge is 0.0640 e. The van der Waals surface area contributed by atoms with Gasteiger partial charge >= 0.3 is 0 Å². The first-order chi connectivity index (χ1) is 9.83. The average molecular weight is 295 g/mol. The number of nitrogens with zero attached hydrogens (tertiary/aromatic N) is 2. The first kappa shape index (κ1) is 15.9. The molecule has 0 bridgehead atoms. The van der Waals surface area contributed by atoms with E-state index < -0.39 is 0 Å². The van der Waals surface area contributed by atoms with Gasteiger partial charge in [-0.25, -0.2) is 0 Å². The van der Waals surface area contributed by atoms with Crippen molar-refractivity contribution in [2.45, 2.75) is 64.0 Å². The van der Waals surface area contributed by atoms with Crippen molar-refractivity contribution < 1.29 is 0 Å². The van der Waals surface area contributed by atoms with Crippen LogP contribution in [0.3, 0.4) is 0 Å². The van der Waals surface area contributed by atoms with E-state index in [4.69, 9.17) is 5.10 Å². The number of likely N-dealkylation sites (N-methyl/N-ethyl adjacent to an activating group) is 1. The van der Waals surface area contributed by atoms with Crippen LogP contribution in [0.25, 0.3) is 0 Å². The molecule has 0 aromatic carbocycles. The van der Waals surface area contributed by atoms with Gasteiger partial charge in [0.15, 0.2) is 0 Å². The maximum absolute atomic E-state index is 4.82. The van der Waals surface area contributed by atoms with Gasteiger partial charge in [0.25, 0.3) is 0 Å². The minimum Gasteiger partial charge on any atom is -0.316 e. The van der Waals surface area contributed by atoms with Crippen LogP contribution >= 0.6 is 11.8 Å². The Kier molecular flexibility index (Phi) is 6.94. The lowest BCUT2D eigenvalue weighted by atomic mass is 9.96. The van der Waals surface area contributed by atoms with Crippen molar-refractivity contribution in [1.82, 2.24) is 15.1 Å². The number of hydrogen-bond donors (Lipinski definition) is 1. The molecule has 3 nitrogen and oxygen atoms in total. The second-order valence-electron chi connectivity index (χ2n) is 5.84. The Labute approximate surface area is 127 Å². The first-order valence-corrected chi connectivity index (χ1v) is 9.28. The van der Waals surface area contributed by atoms with Gasteiger partial charge in [0.1, 0.15) is 0 Å². The fourth-order valence-electron chi connectivity index (χ4n) is 2.90. The van der Waals surface area contributed by atoms with Gasteiger partial charge in [0, 0.05) is 24.4 Å². The molecule has 1 N–H and O–H groups in total. The van der Waals surface area contributed by atoms with E-state index in [0.717, 1.165) is 6.42 Å². The molecule has 0 amide bonds. The zero-order valence-electron chi connectivity index (χ0n) is 13.0. The summed E-state index contributed by atoms with van der Waals surface area (Å²) in [6, 6.07) is 3.41. The molecule has 0 saturated heterocycles. The Morgan fingerprint density at radius 2 is 2.20 bits per heavy atom. The summed E-state index contributed by atoms with van der Waals surface area (Å²) in [4.78, 5) is 0. The maximum atomic E-state index is 4.82. The third-order valence-corrected chi connectivity index (χ3v) is 5.48. The molecule has 1 fully saturated rings. The summed E-state index contributed by atoms with van der Waals surface area (Å²) in [6.07, 6.45) is 11.3. The van der Waals surface area contributed by atoms with Crippen LogP contribution in [0.15, 0.2) is 12.3 Å². The minimum absolute atomic E-state index is 0.543. The molecule has 1 heterocycles. The van der Waals surface area contributed by atoms with Gasteiger partial charge in [-0.1, -0.05) is 26.2 Å². The van der Waals surface area contributed by atoms with E-state index in [2.05, 4.69) is 36.2 Å². The van der Waals surface area contributed by atoms with Gasteiger partial charge in [0.05, 0.1) is 11.7 Å². The summed E-state index contributed by atoms with van der Waals surface area (Å²) >= 11 is 2.04. The van der Waals surface area contributed by atoms with E-state index in [-0.39, 0.29) is 0 Å². The Morgan fingerprint density at radius 3 is 2.90 bits per heavy atom. The maximum Gasteiger partial charge on any atom is 0.0640 e. The van der Waals surface area contributed by atoms with E-state index in [9.17, 15) is 0 Å². The molecule has 1 unspecified atom stereocenters. The lowest BCUT2D eigenvalue weighted by Gasteiger charge is -2.22. The molecule has 0 aliphatic heterocycles. The van der Waals surface area contributed by atoms with Crippen LogP contribution in [0.5, 0.6) is 0 Å². The Bertz CT molecular complexity index is 372. The van der Waals surface area contributed by atoms with Gasteiger partial charge < -0.3 is 5.32 Å².